The van der Waals surface area contributed by atoms with Crippen LogP contribution in [0.5, 0.6) is 0 Å². The van der Waals surface area contributed by atoms with Gasteiger partial charge in [0.1, 0.15) is 10.7 Å². The Hall–Kier alpha value is -0.460. The maximum atomic E-state index is 13.5. The van der Waals surface area contributed by atoms with Crippen LogP contribution in [-0.2, 0) is 10.0 Å². The molecule has 1 atom stereocenters. The number of benzene rings is 1. The van der Waals surface area contributed by atoms with Crippen molar-refractivity contribution in [2.24, 2.45) is 5.92 Å². The number of sulfonamides is 1. The average molecular weight is 324 g/mol. The third kappa shape index (κ3) is 4.04. The summed E-state index contributed by atoms with van der Waals surface area (Å²) in [5.41, 5.74) is 0. The van der Waals surface area contributed by atoms with E-state index in [9.17, 15) is 12.8 Å². The maximum absolute atomic E-state index is 13.5. The number of hydrogen-bond donors (Lipinski definition) is 1. The Bertz CT molecular complexity index is 490. The highest BCUT2D eigenvalue weighted by Crippen LogP contribution is 2.19. The molecule has 0 aromatic heterocycles. The van der Waals surface area contributed by atoms with Gasteiger partial charge >= 0.3 is 0 Å². The molecule has 1 aromatic rings. The molecule has 0 aliphatic rings. The quantitative estimate of drug-likeness (QED) is 0.905. The lowest BCUT2D eigenvalue weighted by Crippen LogP contribution is -2.28. The molecule has 0 bridgehead atoms. The van der Waals surface area contributed by atoms with Gasteiger partial charge < -0.3 is 0 Å². The van der Waals surface area contributed by atoms with E-state index in [2.05, 4.69) is 20.7 Å². The Kier molecular flexibility index (Phi) is 5.09. The molecule has 0 radical (unpaired) electrons. The minimum Gasteiger partial charge on any atom is -0.211 e. The Morgan fingerprint density at radius 2 is 2.12 bits per heavy atom. The minimum absolute atomic E-state index is 0.225. The second-order valence-electron chi connectivity index (χ2n) is 3.94. The van der Waals surface area contributed by atoms with Gasteiger partial charge in [0, 0.05) is 11.0 Å². The van der Waals surface area contributed by atoms with Crippen LogP contribution in [0.2, 0.25) is 0 Å². The van der Waals surface area contributed by atoms with E-state index in [1.807, 2.05) is 13.8 Å². The van der Waals surface area contributed by atoms with E-state index in [1.165, 1.54) is 12.1 Å². The summed E-state index contributed by atoms with van der Waals surface area (Å²) in [5, 5.41) is 0. The molecule has 0 aliphatic heterocycles. The highest BCUT2D eigenvalue weighted by molar-refractivity contribution is 9.10. The van der Waals surface area contributed by atoms with Gasteiger partial charge in [-0.05, 0) is 24.1 Å². The van der Waals surface area contributed by atoms with Gasteiger partial charge in [-0.15, -0.1) is 0 Å². The molecule has 3 nitrogen and oxygen atoms in total. The van der Waals surface area contributed by atoms with Gasteiger partial charge in [-0.1, -0.05) is 36.2 Å². The molecular formula is C11H15BrFNO2S. The standard InChI is InChI=1S/C11H15BrFNO2S/c1-3-8(2)7-14-17(15,16)11-5-4-9(12)6-10(11)13/h4-6,8,14H,3,7H2,1-2H3. The van der Waals surface area contributed by atoms with Crippen LogP contribution >= 0.6 is 15.9 Å². The number of nitrogens with one attached hydrogen (secondary N) is 1. The number of hydrogen-bond acceptors (Lipinski definition) is 2. The third-order valence-corrected chi connectivity index (χ3v) is 4.45. The fourth-order valence-corrected chi connectivity index (χ4v) is 2.72. The molecule has 1 N–H and O–H groups in total. The molecule has 0 saturated heterocycles. The summed E-state index contributed by atoms with van der Waals surface area (Å²) in [4.78, 5) is -0.316. The molecule has 17 heavy (non-hydrogen) atoms. The van der Waals surface area contributed by atoms with E-state index in [1.54, 1.807) is 0 Å². The van der Waals surface area contributed by atoms with Gasteiger partial charge in [0.2, 0.25) is 10.0 Å². The van der Waals surface area contributed by atoms with Crippen molar-refractivity contribution in [3.63, 3.8) is 0 Å². The molecule has 1 unspecified atom stereocenters. The van der Waals surface area contributed by atoms with Crippen LogP contribution in [0.3, 0.4) is 0 Å². The molecule has 6 heteroatoms. The van der Waals surface area contributed by atoms with E-state index >= 15 is 0 Å². The van der Waals surface area contributed by atoms with Crippen LogP contribution < -0.4 is 4.72 Å². The first-order valence-corrected chi connectivity index (χ1v) is 7.59. The molecule has 0 aliphatic carbocycles. The predicted octanol–water partition coefficient (Wildman–Crippen LogP) is 2.91. The number of halogens is 2. The van der Waals surface area contributed by atoms with Gasteiger partial charge in [-0.2, -0.15) is 0 Å². The van der Waals surface area contributed by atoms with Crippen molar-refractivity contribution in [3.05, 3.63) is 28.5 Å². The van der Waals surface area contributed by atoms with Crippen molar-refractivity contribution in [3.8, 4) is 0 Å². The molecule has 1 aromatic carbocycles. The van der Waals surface area contributed by atoms with Crippen molar-refractivity contribution < 1.29 is 12.8 Å². The van der Waals surface area contributed by atoms with E-state index in [4.69, 9.17) is 0 Å². The van der Waals surface area contributed by atoms with E-state index < -0.39 is 15.8 Å². The van der Waals surface area contributed by atoms with Gasteiger partial charge in [0.15, 0.2) is 0 Å². The van der Waals surface area contributed by atoms with E-state index in [-0.39, 0.29) is 10.8 Å². The summed E-state index contributed by atoms with van der Waals surface area (Å²) in [7, 11) is -3.76. The van der Waals surface area contributed by atoms with Crippen molar-refractivity contribution in [1.82, 2.24) is 4.72 Å². The molecule has 0 amide bonds. The summed E-state index contributed by atoms with van der Waals surface area (Å²) in [6.45, 7) is 4.22. The molecule has 0 heterocycles. The summed E-state index contributed by atoms with van der Waals surface area (Å²) < 4.78 is 40.1. The highest BCUT2D eigenvalue weighted by atomic mass is 79.9. The molecule has 96 valence electrons. The first-order chi connectivity index (χ1) is 7.86. The lowest BCUT2D eigenvalue weighted by Gasteiger charge is -2.11. The SMILES string of the molecule is CCC(C)CNS(=O)(=O)c1ccc(Br)cc1F. The van der Waals surface area contributed by atoms with E-state index in [0.29, 0.717) is 11.0 Å². The fourth-order valence-electron chi connectivity index (χ4n) is 1.17. The summed E-state index contributed by atoms with van der Waals surface area (Å²) in [5.74, 6) is -0.528. The average Bonchev–Trinajstić information content (AvgIpc) is 2.25. The Morgan fingerprint density at radius 3 is 2.65 bits per heavy atom. The van der Waals surface area contributed by atoms with Crippen LogP contribution in [0.25, 0.3) is 0 Å². The Morgan fingerprint density at radius 1 is 1.47 bits per heavy atom. The zero-order valence-electron chi connectivity index (χ0n) is 9.70. The smallest absolute Gasteiger partial charge is 0.211 e. The summed E-state index contributed by atoms with van der Waals surface area (Å²) in [6, 6.07) is 3.89. The van der Waals surface area contributed by atoms with Crippen LogP contribution in [0.4, 0.5) is 4.39 Å². The van der Waals surface area contributed by atoms with E-state index in [0.717, 1.165) is 12.5 Å². The van der Waals surface area contributed by atoms with Gasteiger partial charge in [-0.3, -0.25) is 0 Å². The predicted molar refractivity (Wildman–Crippen MR) is 68.7 cm³/mol. The zero-order valence-corrected chi connectivity index (χ0v) is 12.1. The van der Waals surface area contributed by atoms with Crippen LogP contribution in [0.15, 0.2) is 27.6 Å². The first kappa shape index (κ1) is 14.6. The topological polar surface area (TPSA) is 46.2 Å². The molecule has 0 saturated carbocycles. The largest absolute Gasteiger partial charge is 0.243 e. The summed E-state index contributed by atoms with van der Waals surface area (Å²) >= 11 is 3.08. The van der Waals surface area contributed by atoms with Crippen molar-refractivity contribution in [2.45, 2.75) is 25.2 Å². The van der Waals surface area contributed by atoms with Crippen LogP contribution in [-0.4, -0.2) is 15.0 Å². The van der Waals surface area contributed by atoms with Gasteiger partial charge in [0.25, 0.3) is 0 Å². The fraction of sp³-hybridized carbons (Fsp3) is 0.455. The third-order valence-electron chi connectivity index (χ3n) is 2.50. The van der Waals surface area contributed by atoms with Gasteiger partial charge in [-0.25, -0.2) is 17.5 Å². The molecular weight excluding hydrogens is 309 g/mol. The maximum Gasteiger partial charge on any atom is 0.243 e. The molecule has 1 rings (SSSR count). The van der Waals surface area contributed by atoms with Crippen molar-refractivity contribution >= 4 is 26.0 Å². The second kappa shape index (κ2) is 5.93. The monoisotopic (exact) mass is 323 g/mol. The zero-order chi connectivity index (χ0) is 13.1. The van der Waals surface area contributed by atoms with Crippen molar-refractivity contribution in [1.29, 1.82) is 0 Å². The minimum atomic E-state index is -3.76. The lowest BCUT2D eigenvalue weighted by atomic mass is 10.1. The Labute approximate surface area is 110 Å². The lowest BCUT2D eigenvalue weighted by molar-refractivity contribution is 0.521. The normalized spacial score (nSPS) is 13.6. The highest BCUT2D eigenvalue weighted by Gasteiger charge is 2.19. The van der Waals surface area contributed by atoms with Crippen molar-refractivity contribution in [2.75, 3.05) is 6.54 Å². The number of rotatable bonds is 5. The molecule has 0 spiro atoms. The van der Waals surface area contributed by atoms with Crippen LogP contribution in [0.1, 0.15) is 20.3 Å². The Balaban J connectivity index is 2.90. The second-order valence-corrected chi connectivity index (χ2v) is 6.59. The first-order valence-electron chi connectivity index (χ1n) is 5.31. The van der Waals surface area contributed by atoms with Gasteiger partial charge in [0.05, 0.1) is 0 Å². The summed E-state index contributed by atoms with van der Waals surface area (Å²) in [6.07, 6.45) is 0.866. The van der Waals surface area contributed by atoms with Crippen LogP contribution in [0, 0.1) is 11.7 Å². The molecule has 0 fully saturated rings.